The fraction of sp³-hybridized carbons (Fsp3) is 0.400. The van der Waals surface area contributed by atoms with Crippen molar-refractivity contribution in [1.82, 2.24) is 29.8 Å². The van der Waals surface area contributed by atoms with E-state index in [1.54, 1.807) is 12.4 Å². The van der Waals surface area contributed by atoms with E-state index in [4.69, 9.17) is 10.7 Å². The minimum absolute atomic E-state index is 0.0406. The summed E-state index contributed by atoms with van der Waals surface area (Å²) in [5.74, 6) is 0.115. The summed E-state index contributed by atoms with van der Waals surface area (Å²) in [7, 11) is -3.71. The van der Waals surface area contributed by atoms with Gasteiger partial charge in [-0.25, -0.2) is 13.4 Å². The second-order valence-electron chi connectivity index (χ2n) is 11.5. The van der Waals surface area contributed by atoms with Crippen LogP contribution in [0.2, 0.25) is 0 Å². The van der Waals surface area contributed by atoms with Gasteiger partial charge in [-0.05, 0) is 51.1 Å². The topological polar surface area (TPSA) is 136 Å². The molecule has 212 valence electrons. The van der Waals surface area contributed by atoms with Gasteiger partial charge in [-0.2, -0.15) is 9.61 Å². The first-order valence-corrected chi connectivity index (χ1v) is 16.1. The molecule has 2 bridgehead atoms. The van der Waals surface area contributed by atoms with E-state index in [0.29, 0.717) is 24.2 Å². The lowest BCUT2D eigenvalue weighted by molar-refractivity contribution is -0.137. The number of carbonyl (C=O) groups excluding carboxylic acids is 1. The lowest BCUT2D eigenvalue weighted by atomic mass is 9.87. The van der Waals surface area contributed by atoms with Crippen LogP contribution in [0.1, 0.15) is 50.1 Å². The van der Waals surface area contributed by atoms with Crippen LogP contribution in [0.4, 0.5) is 5.82 Å². The Morgan fingerprint density at radius 2 is 1.76 bits per heavy atom. The highest BCUT2D eigenvalue weighted by Gasteiger charge is 2.47. The molecule has 2 unspecified atom stereocenters. The third kappa shape index (κ3) is 4.47. The maximum Gasteiger partial charge on any atom is 0.240 e. The molecule has 1 amide bonds. The Balaban J connectivity index is 1.27. The van der Waals surface area contributed by atoms with Gasteiger partial charge in [-0.1, -0.05) is 36.4 Å². The summed E-state index contributed by atoms with van der Waals surface area (Å²) in [6, 6.07) is 13.9. The van der Waals surface area contributed by atoms with Crippen LogP contribution in [0.25, 0.3) is 28.0 Å². The lowest BCUT2D eigenvalue weighted by Crippen LogP contribution is -2.52. The summed E-state index contributed by atoms with van der Waals surface area (Å²) in [5.41, 5.74) is 10.9. The summed E-state index contributed by atoms with van der Waals surface area (Å²) >= 11 is 0. The lowest BCUT2D eigenvalue weighted by Gasteiger charge is -2.40. The van der Waals surface area contributed by atoms with Crippen LogP contribution in [0.5, 0.6) is 0 Å². The van der Waals surface area contributed by atoms with Gasteiger partial charge in [0, 0.05) is 47.1 Å². The van der Waals surface area contributed by atoms with Gasteiger partial charge in [0.15, 0.2) is 15.5 Å². The van der Waals surface area contributed by atoms with Crippen molar-refractivity contribution in [3.63, 3.8) is 0 Å². The van der Waals surface area contributed by atoms with Gasteiger partial charge < -0.3 is 16.0 Å². The normalized spacial score (nSPS) is 24.3. The van der Waals surface area contributed by atoms with Gasteiger partial charge in [0.05, 0.1) is 23.6 Å². The zero-order valence-electron chi connectivity index (χ0n) is 22.9. The molecule has 0 aliphatic carbocycles. The Labute approximate surface area is 238 Å². The molecule has 0 radical (unpaired) electrons. The van der Waals surface area contributed by atoms with Gasteiger partial charge in [0.1, 0.15) is 10.7 Å². The number of nitrogens with one attached hydrogen (secondary N) is 1. The number of benzene rings is 1. The smallest absolute Gasteiger partial charge is 0.240 e. The molecular weight excluding hydrogens is 538 g/mol. The number of nitrogens with zero attached hydrogens (tertiary/aromatic N) is 5. The number of hydrogen-bond donors (Lipinski definition) is 2. The van der Waals surface area contributed by atoms with Gasteiger partial charge in [0.2, 0.25) is 5.91 Å². The molecule has 3 saturated heterocycles. The fourth-order valence-corrected chi connectivity index (χ4v) is 8.11. The molecule has 11 heteroatoms. The Hall–Kier alpha value is -3.83. The van der Waals surface area contributed by atoms with Crippen LogP contribution < -0.4 is 11.1 Å². The minimum Gasteiger partial charge on any atom is -0.382 e. The molecule has 3 aliphatic rings. The maximum atomic E-state index is 13.4. The number of nitrogens with two attached hydrogens (primary N) is 1. The standard InChI is InChI=1S/C30H33N7O3S/c1-41(39,40)27-26(20-14-21-10-11-22(15-20)36(21)30(38)25-8-5-13-32-25)35-29-23(17-34-37(29)28(27)31)19-9-12-24(33-16-19)18-6-3-2-4-7-18/h2-4,6-7,9,12,16-17,20-22,25,32H,5,8,10-11,13-15,31H2,1H3/t20?,21?,22?,25-/m0/s1. The Kier molecular flexibility index (Phi) is 6.31. The molecule has 3 aliphatic heterocycles. The van der Waals surface area contributed by atoms with Crippen molar-refractivity contribution in [1.29, 1.82) is 0 Å². The molecular formula is C30H33N7O3S. The third-order valence-electron chi connectivity index (χ3n) is 8.91. The first-order valence-electron chi connectivity index (χ1n) is 14.2. The summed E-state index contributed by atoms with van der Waals surface area (Å²) in [4.78, 5) is 25.1. The Bertz CT molecular complexity index is 1720. The molecule has 1 aromatic carbocycles. The second-order valence-corrected chi connectivity index (χ2v) is 13.5. The van der Waals surface area contributed by atoms with Crippen molar-refractivity contribution in [3.05, 3.63) is 60.6 Å². The average molecular weight is 572 g/mol. The first-order chi connectivity index (χ1) is 19.8. The Morgan fingerprint density at radius 3 is 2.39 bits per heavy atom. The van der Waals surface area contributed by atoms with E-state index < -0.39 is 9.84 Å². The number of piperidine rings is 1. The summed E-state index contributed by atoms with van der Waals surface area (Å²) < 4.78 is 27.6. The second kappa shape index (κ2) is 9.92. The molecule has 3 N–H and O–H groups in total. The Morgan fingerprint density at radius 1 is 1.00 bits per heavy atom. The van der Waals surface area contributed by atoms with E-state index in [1.165, 1.54) is 10.8 Å². The van der Waals surface area contributed by atoms with Crippen LogP contribution >= 0.6 is 0 Å². The van der Waals surface area contributed by atoms with Crippen molar-refractivity contribution in [2.24, 2.45) is 0 Å². The van der Waals surface area contributed by atoms with Crippen molar-refractivity contribution in [2.75, 3.05) is 18.5 Å². The zero-order chi connectivity index (χ0) is 28.3. The van der Waals surface area contributed by atoms with Gasteiger partial charge in [-0.3, -0.25) is 9.78 Å². The number of rotatable bonds is 5. The highest BCUT2D eigenvalue weighted by Crippen LogP contribution is 2.45. The maximum absolute atomic E-state index is 13.4. The zero-order valence-corrected chi connectivity index (χ0v) is 23.7. The SMILES string of the molecule is CS(=O)(=O)c1c(C2CC3CCC(C2)N3C(=O)[C@@H]2CCCN2)nc2c(-c3ccc(-c4ccccc4)nc3)cnn2c1N. The minimum atomic E-state index is -3.71. The van der Waals surface area contributed by atoms with Crippen molar-refractivity contribution >= 4 is 27.2 Å². The van der Waals surface area contributed by atoms with E-state index in [1.807, 2.05) is 42.5 Å². The monoisotopic (exact) mass is 571 g/mol. The quantitative estimate of drug-likeness (QED) is 0.372. The number of pyridine rings is 1. The van der Waals surface area contributed by atoms with Crippen LogP contribution in [0.15, 0.2) is 59.8 Å². The number of carbonyl (C=O) groups is 1. The summed E-state index contributed by atoms with van der Waals surface area (Å²) in [6.45, 7) is 0.876. The van der Waals surface area contributed by atoms with Crippen LogP contribution in [0, 0.1) is 0 Å². The number of nitrogen functional groups attached to an aromatic ring is 1. The number of fused-ring (bicyclic) bond motifs is 3. The van der Waals surface area contributed by atoms with Crippen LogP contribution in [-0.2, 0) is 14.6 Å². The summed E-state index contributed by atoms with van der Waals surface area (Å²) in [6.07, 6.45) is 9.67. The van der Waals surface area contributed by atoms with Crippen molar-refractivity contribution < 1.29 is 13.2 Å². The van der Waals surface area contributed by atoms with E-state index in [2.05, 4.69) is 20.3 Å². The van der Waals surface area contributed by atoms with Gasteiger partial charge in [0.25, 0.3) is 0 Å². The van der Waals surface area contributed by atoms with E-state index >= 15 is 0 Å². The number of aromatic nitrogens is 4. The van der Waals surface area contributed by atoms with E-state index in [0.717, 1.165) is 54.6 Å². The first kappa shape index (κ1) is 26.1. The van der Waals surface area contributed by atoms with E-state index in [9.17, 15) is 13.2 Å². The molecule has 41 heavy (non-hydrogen) atoms. The number of anilines is 1. The molecule has 3 aromatic heterocycles. The van der Waals surface area contributed by atoms with Gasteiger partial charge in [-0.15, -0.1) is 0 Å². The van der Waals surface area contributed by atoms with E-state index in [-0.39, 0.29) is 40.7 Å². The number of hydrogen-bond acceptors (Lipinski definition) is 8. The number of amides is 1. The molecule has 0 saturated carbocycles. The largest absolute Gasteiger partial charge is 0.382 e. The highest BCUT2D eigenvalue weighted by molar-refractivity contribution is 7.91. The molecule has 10 nitrogen and oxygen atoms in total. The molecule has 7 rings (SSSR count). The predicted octanol–water partition coefficient (Wildman–Crippen LogP) is 3.43. The molecule has 4 aromatic rings. The van der Waals surface area contributed by atoms with Gasteiger partial charge >= 0.3 is 0 Å². The van der Waals surface area contributed by atoms with Crippen LogP contribution in [-0.4, -0.2) is 69.7 Å². The van der Waals surface area contributed by atoms with Crippen molar-refractivity contribution in [2.45, 2.75) is 67.5 Å². The van der Waals surface area contributed by atoms with Crippen molar-refractivity contribution in [3.8, 4) is 22.4 Å². The van der Waals surface area contributed by atoms with Crippen LogP contribution in [0.3, 0.4) is 0 Å². The number of sulfone groups is 1. The third-order valence-corrected chi connectivity index (χ3v) is 10.1. The molecule has 3 fully saturated rings. The molecule has 3 atom stereocenters. The highest BCUT2D eigenvalue weighted by atomic mass is 32.2. The summed E-state index contributed by atoms with van der Waals surface area (Å²) in [5, 5.41) is 7.77. The fourth-order valence-electron chi connectivity index (χ4n) is 7.05. The predicted molar refractivity (Wildman–Crippen MR) is 156 cm³/mol. The average Bonchev–Trinajstić information content (AvgIpc) is 3.71. The molecule has 0 spiro atoms. The molecule has 6 heterocycles.